The van der Waals surface area contributed by atoms with E-state index >= 15 is 0 Å². The molecule has 0 amide bonds. The third-order valence-corrected chi connectivity index (χ3v) is 6.42. The van der Waals surface area contributed by atoms with Crippen LogP contribution in [0.1, 0.15) is 29.8 Å². The highest BCUT2D eigenvalue weighted by Crippen LogP contribution is 2.47. The van der Waals surface area contributed by atoms with Crippen LogP contribution in [0.2, 0.25) is 0 Å². The summed E-state index contributed by atoms with van der Waals surface area (Å²) >= 11 is 0. The summed E-state index contributed by atoms with van der Waals surface area (Å²) in [6, 6.07) is 15.2. The third kappa shape index (κ3) is 4.32. The van der Waals surface area contributed by atoms with E-state index in [1.165, 1.54) is 24.3 Å². The van der Waals surface area contributed by atoms with Crippen molar-refractivity contribution in [2.75, 3.05) is 0 Å². The minimum absolute atomic E-state index is 0.0660. The van der Waals surface area contributed by atoms with Crippen LogP contribution >= 0.6 is 7.37 Å². The Labute approximate surface area is 141 Å². The van der Waals surface area contributed by atoms with Gasteiger partial charge < -0.3 is 15.3 Å². The van der Waals surface area contributed by atoms with Crippen molar-refractivity contribution in [3.8, 4) is 0 Å². The minimum Gasteiger partial charge on any atom is -0.478 e. The summed E-state index contributed by atoms with van der Waals surface area (Å²) in [5, 5.41) is 12.4. The van der Waals surface area contributed by atoms with E-state index < -0.39 is 19.1 Å². The van der Waals surface area contributed by atoms with Gasteiger partial charge in [-0.2, -0.15) is 0 Å². The molecule has 0 heterocycles. The Kier molecular flexibility index (Phi) is 5.94. The van der Waals surface area contributed by atoms with Crippen LogP contribution < -0.4 is 10.6 Å². The lowest BCUT2D eigenvalue weighted by Gasteiger charge is -2.28. The summed E-state index contributed by atoms with van der Waals surface area (Å²) in [4.78, 5) is 21.6. The van der Waals surface area contributed by atoms with Gasteiger partial charge in [-0.25, -0.2) is 4.79 Å². The minimum atomic E-state index is -3.70. The molecule has 0 radical (unpaired) electrons. The van der Waals surface area contributed by atoms with E-state index in [-0.39, 0.29) is 16.8 Å². The molecular weight excluding hydrogens is 325 g/mol. The predicted octanol–water partition coefficient (Wildman–Crippen LogP) is 3.05. The van der Waals surface area contributed by atoms with E-state index in [0.29, 0.717) is 6.54 Å². The Hall–Kier alpha value is -1.94. The number of rotatable bonds is 7. The topological polar surface area (TPSA) is 86.6 Å². The summed E-state index contributed by atoms with van der Waals surface area (Å²) in [5.41, 5.74) is 1.13. The van der Waals surface area contributed by atoms with E-state index in [9.17, 15) is 14.3 Å². The zero-order valence-corrected chi connectivity index (χ0v) is 14.6. The van der Waals surface area contributed by atoms with Crippen LogP contribution in [0.25, 0.3) is 0 Å². The van der Waals surface area contributed by atoms with Crippen molar-refractivity contribution in [1.29, 1.82) is 0 Å². The molecule has 0 aromatic heterocycles. The van der Waals surface area contributed by atoms with Crippen LogP contribution in [0.15, 0.2) is 54.6 Å². The normalized spacial score (nSPS) is 15.0. The van der Waals surface area contributed by atoms with Crippen molar-refractivity contribution >= 4 is 18.6 Å². The average molecular weight is 347 g/mol. The first-order valence-electron chi connectivity index (χ1n) is 7.76. The van der Waals surface area contributed by atoms with Crippen LogP contribution in [-0.4, -0.2) is 21.8 Å². The molecule has 24 heavy (non-hydrogen) atoms. The second-order valence-electron chi connectivity index (χ2n) is 6.03. The molecule has 0 bridgehead atoms. The molecule has 3 N–H and O–H groups in total. The number of nitrogens with one attached hydrogen (secondary N) is 1. The van der Waals surface area contributed by atoms with Crippen LogP contribution in [0.5, 0.6) is 0 Å². The molecule has 0 spiro atoms. The smallest absolute Gasteiger partial charge is 0.335 e. The van der Waals surface area contributed by atoms with E-state index in [0.717, 1.165) is 5.56 Å². The number of carbonyl (C=O) groups is 1. The zero-order chi connectivity index (χ0) is 17.7. The van der Waals surface area contributed by atoms with Gasteiger partial charge in [0.15, 0.2) is 0 Å². The Morgan fingerprint density at radius 3 is 2.17 bits per heavy atom. The van der Waals surface area contributed by atoms with Gasteiger partial charge in [0.05, 0.1) is 11.3 Å². The van der Waals surface area contributed by atoms with E-state index in [1.807, 2.05) is 44.2 Å². The zero-order valence-electron chi connectivity index (χ0n) is 13.7. The average Bonchev–Trinajstić information content (AvgIpc) is 2.55. The first-order chi connectivity index (χ1) is 11.3. The molecular formula is C18H22NO4P. The van der Waals surface area contributed by atoms with Crippen LogP contribution in [0.3, 0.4) is 0 Å². The largest absolute Gasteiger partial charge is 0.478 e. The molecule has 128 valence electrons. The molecule has 0 saturated carbocycles. The molecule has 2 rings (SSSR count). The molecule has 0 aliphatic rings. The second-order valence-corrected chi connectivity index (χ2v) is 8.35. The molecule has 0 aliphatic carbocycles. The Bertz CT molecular complexity index is 728. The molecule has 2 aromatic carbocycles. The van der Waals surface area contributed by atoms with Crippen LogP contribution in [0.4, 0.5) is 0 Å². The molecule has 0 saturated heterocycles. The lowest BCUT2D eigenvalue weighted by Crippen LogP contribution is -2.36. The summed E-state index contributed by atoms with van der Waals surface area (Å²) < 4.78 is 13.0. The molecule has 0 fully saturated rings. The first kappa shape index (κ1) is 18.4. The number of aromatic carboxylic acids is 1. The summed E-state index contributed by atoms with van der Waals surface area (Å²) in [6.07, 6.45) is 0. The molecule has 2 unspecified atom stereocenters. The maximum atomic E-state index is 13.0. The van der Waals surface area contributed by atoms with Gasteiger partial charge >= 0.3 is 5.97 Å². The van der Waals surface area contributed by atoms with Gasteiger partial charge in [-0.05, 0) is 35.7 Å². The number of hydrogen-bond donors (Lipinski definition) is 3. The summed E-state index contributed by atoms with van der Waals surface area (Å²) in [7, 11) is -3.70. The Balaban J connectivity index is 2.21. The second kappa shape index (κ2) is 7.75. The van der Waals surface area contributed by atoms with Gasteiger partial charge in [0.2, 0.25) is 7.37 Å². The lowest BCUT2D eigenvalue weighted by atomic mass is 10.2. The Morgan fingerprint density at radius 1 is 1.08 bits per heavy atom. The van der Waals surface area contributed by atoms with Crippen LogP contribution in [-0.2, 0) is 11.1 Å². The monoisotopic (exact) mass is 347 g/mol. The number of carboxylic acid groups (broad SMARTS) is 1. The molecule has 0 aliphatic heterocycles. The lowest BCUT2D eigenvalue weighted by molar-refractivity contribution is 0.0697. The number of hydrogen-bond acceptors (Lipinski definition) is 3. The Morgan fingerprint density at radius 2 is 1.67 bits per heavy atom. The van der Waals surface area contributed by atoms with E-state index in [2.05, 4.69) is 5.32 Å². The SMILES string of the molecule is CC(C)C(NCc1ccccc1)P(=O)(O)c1ccc(C(=O)O)cc1. The number of benzene rings is 2. The fourth-order valence-corrected chi connectivity index (χ4v) is 4.60. The van der Waals surface area contributed by atoms with Crippen LogP contribution in [0, 0.1) is 5.92 Å². The van der Waals surface area contributed by atoms with Gasteiger partial charge in [-0.3, -0.25) is 4.57 Å². The fraction of sp³-hybridized carbons (Fsp3) is 0.278. The van der Waals surface area contributed by atoms with E-state index in [1.54, 1.807) is 0 Å². The maximum Gasteiger partial charge on any atom is 0.335 e. The third-order valence-electron chi connectivity index (χ3n) is 3.85. The first-order valence-corrected chi connectivity index (χ1v) is 9.49. The van der Waals surface area contributed by atoms with Gasteiger partial charge in [-0.1, -0.05) is 44.2 Å². The fourth-order valence-electron chi connectivity index (χ4n) is 2.56. The predicted molar refractivity (Wildman–Crippen MR) is 94.8 cm³/mol. The van der Waals surface area contributed by atoms with Crippen molar-refractivity contribution < 1.29 is 19.4 Å². The van der Waals surface area contributed by atoms with Crippen molar-refractivity contribution in [3.05, 3.63) is 65.7 Å². The van der Waals surface area contributed by atoms with Gasteiger partial charge in [0.25, 0.3) is 0 Å². The van der Waals surface area contributed by atoms with Crippen molar-refractivity contribution in [3.63, 3.8) is 0 Å². The molecule has 5 nitrogen and oxygen atoms in total. The van der Waals surface area contributed by atoms with E-state index in [4.69, 9.17) is 5.11 Å². The van der Waals surface area contributed by atoms with Gasteiger partial charge in [0, 0.05) is 11.8 Å². The number of carboxylic acids is 1. The molecule has 6 heteroatoms. The van der Waals surface area contributed by atoms with Crippen molar-refractivity contribution in [2.45, 2.75) is 26.2 Å². The standard InChI is InChI=1S/C18H22NO4P/c1-13(2)17(19-12-14-6-4-3-5-7-14)24(22,23)16-10-8-15(9-11-16)18(20)21/h3-11,13,17,19H,12H2,1-2H3,(H,20,21)(H,22,23). The molecule has 2 aromatic rings. The van der Waals surface area contributed by atoms with Gasteiger partial charge in [0.1, 0.15) is 0 Å². The highest BCUT2D eigenvalue weighted by atomic mass is 31.2. The molecule has 2 atom stereocenters. The highest BCUT2D eigenvalue weighted by Gasteiger charge is 2.34. The van der Waals surface area contributed by atoms with Gasteiger partial charge in [-0.15, -0.1) is 0 Å². The quantitative estimate of drug-likeness (QED) is 0.670. The van der Waals surface area contributed by atoms with Crippen molar-refractivity contribution in [1.82, 2.24) is 5.32 Å². The maximum absolute atomic E-state index is 13.0. The summed E-state index contributed by atoms with van der Waals surface area (Å²) in [6.45, 7) is 4.26. The van der Waals surface area contributed by atoms with Crippen molar-refractivity contribution in [2.24, 2.45) is 5.92 Å². The highest BCUT2D eigenvalue weighted by molar-refractivity contribution is 7.66. The summed E-state index contributed by atoms with van der Waals surface area (Å²) in [5.74, 6) is -1.74.